The number of hydrogen-bond acceptors (Lipinski definition) is 3. The molecule has 0 radical (unpaired) electrons. The molecule has 5 heteroatoms. The normalized spacial score (nSPS) is 12.3. The predicted molar refractivity (Wildman–Crippen MR) is 71.9 cm³/mol. The molecule has 0 spiro atoms. The van der Waals surface area contributed by atoms with Crippen molar-refractivity contribution in [2.24, 2.45) is 5.73 Å². The lowest BCUT2D eigenvalue weighted by molar-refractivity contribution is -0.122. The second-order valence-corrected chi connectivity index (χ2v) is 4.46. The largest absolute Gasteiger partial charge is 0.347 e. The molecule has 4 N–H and O–H groups in total. The molecular weight excluding hydrogens is 228 g/mol. The van der Waals surface area contributed by atoms with Crippen molar-refractivity contribution in [1.82, 2.24) is 15.3 Å². The number of nitrogens with two attached hydrogens (primary N) is 1. The minimum atomic E-state index is -0.00320. The van der Waals surface area contributed by atoms with E-state index in [1.165, 1.54) is 0 Å². The fraction of sp³-hybridized carbons (Fsp3) is 0.692. The molecule has 102 valence electrons. The maximum Gasteiger partial charge on any atom is 0.220 e. The lowest BCUT2D eigenvalue weighted by Gasteiger charge is -2.14. The summed E-state index contributed by atoms with van der Waals surface area (Å²) in [6.45, 7) is 2.78. The van der Waals surface area contributed by atoms with Gasteiger partial charge >= 0.3 is 0 Å². The summed E-state index contributed by atoms with van der Waals surface area (Å²) in [5.41, 5.74) is 5.42. The number of carbonyl (C=O) groups is 1. The van der Waals surface area contributed by atoms with Crippen LogP contribution >= 0.6 is 0 Å². The van der Waals surface area contributed by atoms with Crippen molar-refractivity contribution >= 4 is 5.91 Å². The lowest BCUT2D eigenvalue weighted by Crippen LogP contribution is -2.28. The second kappa shape index (κ2) is 8.69. The summed E-state index contributed by atoms with van der Waals surface area (Å²) in [4.78, 5) is 19.0. The zero-order valence-electron chi connectivity index (χ0n) is 11.1. The topological polar surface area (TPSA) is 83.8 Å². The van der Waals surface area contributed by atoms with Crippen LogP contribution in [0.1, 0.15) is 57.3 Å². The average Bonchev–Trinajstić information content (AvgIpc) is 2.89. The molecule has 1 amide bonds. The van der Waals surface area contributed by atoms with Gasteiger partial charge in [-0.2, -0.15) is 0 Å². The Morgan fingerprint density at radius 1 is 1.44 bits per heavy atom. The third kappa shape index (κ3) is 5.31. The number of nitrogens with zero attached hydrogens (tertiary/aromatic N) is 1. The van der Waals surface area contributed by atoms with E-state index in [1.807, 2.05) is 6.92 Å². The molecule has 0 aliphatic heterocycles. The molecule has 0 aliphatic rings. The Bertz CT molecular complexity index is 324. The van der Waals surface area contributed by atoms with Gasteiger partial charge in [-0.1, -0.05) is 19.8 Å². The van der Waals surface area contributed by atoms with Crippen molar-refractivity contribution in [3.8, 4) is 0 Å². The quantitative estimate of drug-likeness (QED) is 0.587. The number of hydrogen-bond donors (Lipinski definition) is 3. The van der Waals surface area contributed by atoms with E-state index in [1.54, 1.807) is 12.4 Å². The van der Waals surface area contributed by atoms with Crippen molar-refractivity contribution in [3.05, 3.63) is 18.2 Å². The summed E-state index contributed by atoms with van der Waals surface area (Å²) < 4.78 is 0. The third-order valence-corrected chi connectivity index (χ3v) is 2.95. The molecule has 0 fully saturated rings. The molecule has 0 bridgehead atoms. The SMILES string of the molecule is CCC(NC(=O)CCCCCCN)c1ncc[nH]1. The second-order valence-electron chi connectivity index (χ2n) is 4.46. The van der Waals surface area contributed by atoms with Crippen LogP contribution in [-0.2, 0) is 4.79 Å². The molecule has 1 aromatic rings. The number of amides is 1. The Kier molecular flexibility index (Phi) is 7.10. The van der Waals surface area contributed by atoms with Gasteiger partial charge in [0.1, 0.15) is 5.82 Å². The lowest BCUT2D eigenvalue weighted by atomic mass is 10.1. The molecule has 1 atom stereocenters. The van der Waals surface area contributed by atoms with Crippen molar-refractivity contribution in [3.63, 3.8) is 0 Å². The number of rotatable bonds is 9. The molecule has 0 aliphatic carbocycles. The van der Waals surface area contributed by atoms with E-state index in [0.717, 1.165) is 44.5 Å². The maximum atomic E-state index is 11.8. The number of H-pyrrole nitrogens is 1. The fourth-order valence-electron chi connectivity index (χ4n) is 1.88. The van der Waals surface area contributed by atoms with Gasteiger partial charge in [-0.3, -0.25) is 4.79 Å². The van der Waals surface area contributed by atoms with E-state index < -0.39 is 0 Å². The Morgan fingerprint density at radius 3 is 2.83 bits per heavy atom. The first-order chi connectivity index (χ1) is 8.77. The van der Waals surface area contributed by atoms with Crippen molar-refractivity contribution < 1.29 is 4.79 Å². The summed E-state index contributed by atoms with van der Waals surface area (Å²) in [7, 11) is 0. The van der Waals surface area contributed by atoms with Crippen LogP contribution in [0.25, 0.3) is 0 Å². The fourth-order valence-corrected chi connectivity index (χ4v) is 1.88. The van der Waals surface area contributed by atoms with Gasteiger partial charge in [-0.05, 0) is 25.8 Å². The smallest absolute Gasteiger partial charge is 0.220 e. The summed E-state index contributed by atoms with van der Waals surface area (Å²) in [5, 5.41) is 3.00. The first-order valence-corrected chi connectivity index (χ1v) is 6.76. The highest BCUT2D eigenvalue weighted by atomic mass is 16.1. The van der Waals surface area contributed by atoms with Gasteiger partial charge in [0, 0.05) is 18.8 Å². The van der Waals surface area contributed by atoms with Crippen LogP contribution in [0.3, 0.4) is 0 Å². The number of aromatic amines is 1. The molecule has 1 unspecified atom stereocenters. The van der Waals surface area contributed by atoms with Crippen molar-refractivity contribution in [2.45, 2.75) is 51.5 Å². The molecule has 18 heavy (non-hydrogen) atoms. The Balaban J connectivity index is 2.22. The monoisotopic (exact) mass is 252 g/mol. The van der Waals surface area contributed by atoms with Crippen LogP contribution in [0.4, 0.5) is 0 Å². The number of nitrogens with one attached hydrogen (secondary N) is 2. The van der Waals surface area contributed by atoms with Crippen LogP contribution < -0.4 is 11.1 Å². The zero-order valence-corrected chi connectivity index (χ0v) is 11.1. The van der Waals surface area contributed by atoms with E-state index in [9.17, 15) is 4.79 Å². The summed E-state index contributed by atoms with van der Waals surface area (Å²) >= 11 is 0. The van der Waals surface area contributed by atoms with Crippen LogP contribution in [0.2, 0.25) is 0 Å². The van der Waals surface area contributed by atoms with Crippen LogP contribution in [0.15, 0.2) is 12.4 Å². The van der Waals surface area contributed by atoms with Gasteiger partial charge in [-0.25, -0.2) is 4.98 Å². The molecule has 5 nitrogen and oxygen atoms in total. The van der Waals surface area contributed by atoms with Crippen LogP contribution in [-0.4, -0.2) is 22.4 Å². The molecule has 1 aromatic heterocycles. The minimum absolute atomic E-state index is 0.00320. The molecular formula is C13H24N4O. The first-order valence-electron chi connectivity index (χ1n) is 6.76. The number of unbranched alkanes of at least 4 members (excludes halogenated alkanes) is 3. The van der Waals surface area contributed by atoms with Gasteiger partial charge < -0.3 is 16.0 Å². The Hall–Kier alpha value is -1.36. The first kappa shape index (κ1) is 14.7. The average molecular weight is 252 g/mol. The van der Waals surface area contributed by atoms with E-state index >= 15 is 0 Å². The molecule has 1 rings (SSSR count). The van der Waals surface area contributed by atoms with Gasteiger partial charge in [0.15, 0.2) is 0 Å². The van der Waals surface area contributed by atoms with E-state index in [0.29, 0.717) is 6.42 Å². The minimum Gasteiger partial charge on any atom is -0.347 e. The van der Waals surface area contributed by atoms with Crippen molar-refractivity contribution in [2.75, 3.05) is 6.54 Å². The predicted octanol–water partition coefficient (Wildman–Crippen LogP) is 1.89. The summed E-state index contributed by atoms with van der Waals surface area (Å²) in [6, 6.07) is -0.00320. The van der Waals surface area contributed by atoms with Crippen LogP contribution in [0, 0.1) is 0 Å². The highest BCUT2D eigenvalue weighted by molar-refractivity contribution is 5.76. The summed E-state index contributed by atoms with van der Waals surface area (Å²) in [6.07, 6.45) is 9.06. The van der Waals surface area contributed by atoms with E-state index in [2.05, 4.69) is 15.3 Å². The number of carbonyl (C=O) groups excluding carboxylic acids is 1. The van der Waals surface area contributed by atoms with Gasteiger partial charge in [0.05, 0.1) is 6.04 Å². The standard InChI is InChI=1S/C13H24N4O/c1-2-11(13-15-9-10-16-13)17-12(18)7-5-3-4-6-8-14/h9-11H,2-8,14H2,1H3,(H,15,16)(H,17,18). The van der Waals surface area contributed by atoms with Crippen LogP contribution in [0.5, 0.6) is 0 Å². The van der Waals surface area contributed by atoms with E-state index in [-0.39, 0.29) is 11.9 Å². The third-order valence-electron chi connectivity index (χ3n) is 2.95. The molecule has 0 aromatic carbocycles. The van der Waals surface area contributed by atoms with Gasteiger partial charge in [0.25, 0.3) is 0 Å². The maximum absolute atomic E-state index is 11.8. The summed E-state index contributed by atoms with van der Waals surface area (Å²) in [5.74, 6) is 0.931. The number of aromatic nitrogens is 2. The highest BCUT2D eigenvalue weighted by Crippen LogP contribution is 2.12. The molecule has 0 saturated heterocycles. The zero-order chi connectivity index (χ0) is 13.2. The van der Waals surface area contributed by atoms with E-state index in [4.69, 9.17) is 5.73 Å². The highest BCUT2D eigenvalue weighted by Gasteiger charge is 2.13. The van der Waals surface area contributed by atoms with Gasteiger partial charge in [-0.15, -0.1) is 0 Å². The molecule has 0 saturated carbocycles. The van der Waals surface area contributed by atoms with Gasteiger partial charge in [0.2, 0.25) is 5.91 Å². The molecule has 1 heterocycles. The number of imidazole rings is 1. The Morgan fingerprint density at radius 2 is 2.22 bits per heavy atom. The Labute approximate surface area is 109 Å². The van der Waals surface area contributed by atoms with Crippen molar-refractivity contribution in [1.29, 1.82) is 0 Å².